The Bertz CT molecular complexity index is 3180. The number of phenolic OH excluding ortho intramolecular Hbond substituents is 1. The first kappa shape index (κ1) is 70.8. The summed E-state index contributed by atoms with van der Waals surface area (Å²) in [5.74, 6) is -5.56. The predicted octanol–water partition coefficient (Wildman–Crippen LogP) is 5.63. The minimum absolute atomic E-state index is 0.00814. The van der Waals surface area contributed by atoms with Crippen LogP contribution in [0.5, 0.6) is 23.0 Å². The van der Waals surface area contributed by atoms with Crippen LogP contribution in [0.1, 0.15) is 116 Å². The van der Waals surface area contributed by atoms with Gasteiger partial charge in [0.05, 0.1) is 44.9 Å². The number of ketones is 1. The molecule has 490 valence electrons. The molecule has 2 heterocycles. The average molecular weight is 1250 g/mol. The number of unbranched alkanes of at least 4 members (excludes halogenated alkanes) is 1. The minimum atomic E-state index is -1.50. The lowest BCUT2D eigenvalue weighted by Crippen LogP contribution is -2.59. The molecule has 2 aliphatic heterocycles. The fourth-order valence-corrected chi connectivity index (χ4v) is 10.6. The number of likely N-dealkylation sites (N-methyl/N-ethyl adjacent to an activating group) is 3. The number of piperidine rings is 1. The monoisotopic (exact) mass is 1250 g/mol. The van der Waals surface area contributed by atoms with Crippen molar-refractivity contribution in [3.63, 3.8) is 0 Å². The predicted molar refractivity (Wildman–Crippen MR) is 335 cm³/mol. The molecule has 23 nitrogen and oxygen atoms in total. The van der Waals surface area contributed by atoms with Gasteiger partial charge in [0.2, 0.25) is 29.4 Å². The molecular weight excluding hydrogens is 1160 g/mol. The van der Waals surface area contributed by atoms with E-state index in [9.17, 15) is 43.5 Å². The Labute approximate surface area is 527 Å². The van der Waals surface area contributed by atoms with Gasteiger partial charge in [-0.05, 0) is 132 Å². The van der Waals surface area contributed by atoms with Crippen molar-refractivity contribution in [2.24, 2.45) is 5.41 Å². The van der Waals surface area contributed by atoms with Crippen LogP contribution < -0.4 is 30.2 Å². The highest BCUT2D eigenvalue weighted by Crippen LogP contribution is 2.37. The molecule has 6 amide bonds. The molecule has 0 radical (unpaired) electrons. The number of Topliss-reactive ketones (excluding diaryl/α,β-unsaturated/α-hetero) is 1. The van der Waals surface area contributed by atoms with E-state index in [-0.39, 0.29) is 76.4 Å². The zero-order chi connectivity index (χ0) is 65.9. The van der Waals surface area contributed by atoms with Crippen molar-refractivity contribution in [1.82, 2.24) is 35.6 Å². The number of nitrogens with zero attached hydrogens (tertiary/aromatic N) is 4. The van der Waals surface area contributed by atoms with Crippen LogP contribution in [0.3, 0.4) is 0 Å². The van der Waals surface area contributed by atoms with Crippen molar-refractivity contribution < 1.29 is 76.7 Å². The number of hydrogen-bond acceptors (Lipinski definition) is 17. The number of benzene rings is 4. The Kier molecular flexibility index (Phi) is 25.9. The van der Waals surface area contributed by atoms with Crippen LogP contribution in [0, 0.1) is 5.41 Å². The normalized spacial score (nSPS) is 21.7. The third-order valence-electron chi connectivity index (χ3n) is 16.2. The van der Waals surface area contributed by atoms with Gasteiger partial charge in [0.15, 0.2) is 18.1 Å². The number of cyclic esters (lactones) is 2. The first-order chi connectivity index (χ1) is 42.7. The van der Waals surface area contributed by atoms with Crippen molar-refractivity contribution in [3.8, 4) is 23.0 Å². The first-order valence-electron chi connectivity index (χ1n) is 30.8. The van der Waals surface area contributed by atoms with Crippen molar-refractivity contribution in [3.05, 3.63) is 95.6 Å². The van der Waals surface area contributed by atoms with Crippen LogP contribution in [0.15, 0.2) is 78.9 Å². The maximum absolute atomic E-state index is 15.1. The van der Waals surface area contributed by atoms with Crippen LogP contribution in [0.2, 0.25) is 0 Å². The van der Waals surface area contributed by atoms with Gasteiger partial charge in [0.25, 0.3) is 11.8 Å². The first-order valence-corrected chi connectivity index (χ1v) is 30.8. The summed E-state index contributed by atoms with van der Waals surface area (Å²) < 4.78 is 35.0. The van der Waals surface area contributed by atoms with Crippen LogP contribution in [-0.2, 0) is 70.2 Å². The lowest BCUT2D eigenvalue weighted by atomic mass is 9.87. The molecule has 6 rings (SSSR count). The zero-order valence-corrected chi connectivity index (χ0v) is 54.0. The van der Waals surface area contributed by atoms with E-state index in [1.54, 1.807) is 58.2 Å². The fraction of sp³-hybridized carbons (Fsp3) is 0.537. The van der Waals surface area contributed by atoms with Crippen molar-refractivity contribution in [1.29, 1.82) is 0 Å². The number of methoxy groups -OCH3 is 2. The van der Waals surface area contributed by atoms with Gasteiger partial charge in [-0.2, -0.15) is 0 Å². The highest BCUT2D eigenvalue weighted by atomic mass is 16.5. The number of carbonyl (C=O) groups excluding carboxylic acids is 9. The molecule has 0 aromatic heterocycles. The molecule has 2 aliphatic rings. The number of phenols is 1. The molecule has 4 aromatic rings. The maximum atomic E-state index is 15.1. The standard InChI is InChI=1S/C67H91N7O16/c1-12-13-24-50-62(81)70-49(34-43-26-27-44-20-14-15-21-45(44)33-43)63(82)73(9)52(40-89-66(2,3)4)61(80)69-38-57(76)71(7)31-19-30-68-39-59(78)88-42-67(5,6)60(79)64(83)74-32-17-16-25-51(74)65(84)90-54(29-28-46-36-55(85-10)56(86-11)37-53(46)75)47-22-18-23-48(35-47)87-41-58(77)72(50)8/h14-15,18,20-23,26-27,33,35-37,49-52,54,68,75H,12-13,16-17,19,24-25,28-32,34,38-42H2,1-11H3,(H,69,80)(H,70,81)/t49-,50-,51-,52-,54+/m0/s1. The molecule has 90 heavy (non-hydrogen) atoms. The second-order valence-electron chi connectivity index (χ2n) is 24.6. The minimum Gasteiger partial charge on any atom is -0.508 e. The van der Waals surface area contributed by atoms with Gasteiger partial charge in [-0.3, -0.25) is 38.4 Å². The molecule has 1 saturated heterocycles. The quantitative estimate of drug-likeness (QED) is 0.0988. The van der Waals surface area contributed by atoms with E-state index in [4.69, 9.17) is 28.4 Å². The van der Waals surface area contributed by atoms with E-state index in [2.05, 4.69) is 16.0 Å². The van der Waals surface area contributed by atoms with Crippen molar-refractivity contribution in [2.45, 2.75) is 142 Å². The number of aryl methyl sites for hydroxylation is 1. The van der Waals surface area contributed by atoms with E-state index in [0.717, 1.165) is 10.8 Å². The van der Waals surface area contributed by atoms with Crippen molar-refractivity contribution >= 4 is 63.9 Å². The summed E-state index contributed by atoms with van der Waals surface area (Å²) in [4.78, 5) is 133. The summed E-state index contributed by atoms with van der Waals surface area (Å²) in [5, 5.41) is 21.6. The Morgan fingerprint density at radius 3 is 2.18 bits per heavy atom. The fourth-order valence-electron chi connectivity index (χ4n) is 10.6. The SMILES string of the molecule is CCCC[C@H]1C(=O)N[C@@H](Cc2ccc3ccccc3c2)C(=O)N(C)[C@@H](COC(C)(C)C)C(=O)NCC(=O)N(C)CCCNCC(=O)OCC(C)(C)C(=O)C(=O)N2CCCC[C@H]2C(=O)O[C@H](CCc2cc(OC)c(OC)cc2O)c2cccc(c2)OCC(=O)N1C. The van der Waals surface area contributed by atoms with Crippen LogP contribution in [0.25, 0.3) is 10.8 Å². The highest BCUT2D eigenvalue weighted by molar-refractivity contribution is 6.38. The number of carbonyl (C=O) groups is 9. The van der Waals surface area contributed by atoms with Gasteiger partial charge in [-0.1, -0.05) is 74.4 Å². The maximum Gasteiger partial charge on any atom is 0.329 e. The Morgan fingerprint density at radius 1 is 0.744 bits per heavy atom. The third-order valence-corrected chi connectivity index (χ3v) is 16.2. The van der Waals surface area contributed by atoms with E-state index in [0.29, 0.717) is 60.3 Å². The summed E-state index contributed by atoms with van der Waals surface area (Å²) in [6, 6.07) is 18.1. The largest absolute Gasteiger partial charge is 0.508 e. The lowest BCUT2D eigenvalue weighted by Gasteiger charge is -2.36. The van der Waals surface area contributed by atoms with E-state index < -0.39 is 114 Å². The molecule has 23 heteroatoms. The second kappa shape index (κ2) is 33.0. The molecule has 0 spiro atoms. The van der Waals surface area contributed by atoms with Gasteiger partial charge >= 0.3 is 11.9 Å². The number of esters is 2. The van der Waals surface area contributed by atoms with Crippen LogP contribution >= 0.6 is 0 Å². The smallest absolute Gasteiger partial charge is 0.329 e. The van der Waals surface area contributed by atoms with Gasteiger partial charge in [0, 0.05) is 46.7 Å². The average Bonchev–Trinajstić information content (AvgIpc) is 1.55. The van der Waals surface area contributed by atoms with E-state index in [1.807, 2.05) is 49.4 Å². The number of aromatic hydroxyl groups is 1. The Balaban J connectivity index is 1.34. The Morgan fingerprint density at radius 2 is 1.47 bits per heavy atom. The highest BCUT2D eigenvalue weighted by Gasteiger charge is 2.43. The van der Waals surface area contributed by atoms with Crippen molar-refractivity contribution in [2.75, 3.05) is 87.9 Å². The summed E-state index contributed by atoms with van der Waals surface area (Å²) in [6.07, 6.45) is 2.17. The Hall–Kier alpha value is -8.31. The molecule has 4 aromatic carbocycles. The number of nitrogens with one attached hydrogen (secondary N) is 3. The number of fused-ring (bicyclic) bond motifs is 4. The summed E-state index contributed by atoms with van der Waals surface area (Å²) in [6.45, 7) is 8.90. The van der Waals surface area contributed by atoms with Gasteiger partial charge in [-0.15, -0.1) is 0 Å². The molecule has 1 fully saturated rings. The second-order valence-corrected chi connectivity index (χ2v) is 24.6. The molecule has 5 atom stereocenters. The third kappa shape index (κ3) is 19.8. The lowest BCUT2D eigenvalue weighted by molar-refractivity contribution is -0.165. The number of rotatable bonds is 12. The van der Waals surface area contributed by atoms with Gasteiger partial charge < -0.3 is 69.1 Å². The summed E-state index contributed by atoms with van der Waals surface area (Å²) in [7, 11) is 7.36. The van der Waals surface area contributed by atoms with Gasteiger partial charge in [-0.25, -0.2) is 4.79 Å². The molecule has 4 N–H and O–H groups in total. The molecule has 2 bridgehead atoms. The number of hydrogen-bond donors (Lipinski definition) is 4. The van der Waals surface area contributed by atoms with E-state index in [1.165, 1.54) is 67.8 Å². The molecular formula is C67H91N7O16. The van der Waals surface area contributed by atoms with E-state index >= 15 is 4.79 Å². The number of ether oxygens (including phenoxy) is 6. The zero-order valence-electron chi connectivity index (χ0n) is 54.0. The van der Waals surface area contributed by atoms with Crippen LogP contribution in [0.4, 0.5) is 0 Å². The van der Waals surface area contributed by atoms with Gasteiger partial charge in [0.1, 0.15) is 48.4 Å². The molecule has 0 saturated carbocycles. The number of amides is 6. The summed E-state index contributed by atoms with van der Waals surface area (Å²) >= 11 is 0. The topological polar surface area (TPSA) is 278 Å². The molecule has 0 aliphatic carbocycles. The summed E-state index contributed by atoms with van der Waals surface area (Å²) in [5.41, 5.74) is -0.686. The molecule has 0 unspecified atom stereocenters. The van der Waals surface area contributed by atoms with Crippen LogP contribution in [-0.4, -0.2) is 196 Å².